The third kappa shape index (κ3) is 4.22. The van der Waals surface area contributed by atoms with Gasteiger partial charge >= 0.3 is 11.9 Å². The Morgan fingerprint density at radius 3 is 2.38 bits per heavy atom. The molecule has 0 spiro atoms. The summed E-state index contributed by atoms with van der Waals surface area (Å²) in [5.74, 6) is -3.27. The molecule has 1 aromatic carbocycles. The van der Waals surface area contributed by atoms with Crippen molar-refractivity contribution in [3.63, 3.8) is 0 Å². The SMILES string of the molecule is CC(=O)OC[C@](O)(c1ccc(F)cc1F)[C@@H](C)OC(C)=O. The van der Waals surface area contributed by atoms with Crippen LogP contribution < -0.4 is 0 Å². The van der Waals surface area contributed by atoms with Crippen LogP contribution in [0.5, 0.6) is 0 Å². The Kier molecular flexibility index (Phi) is 5.37. The monoisotopic (exact) mass is 302 g/mol. The smallest absolute Gasteiger partial charge is 0.303 e. The third-order valence-electron chi connectivity index (χ3n) is 2.91. The van der Waals surface area contributed by atoms with Crippen LogP contribution in [0, 0.1) is 11.6 Å². The van der Waals surface area contributed by atoms with Crippen molar-refractivity contribution in [2.75, 3.05) is 6.61 Å². The minimum absolute atomic E-state index is 0.334. The van der Waals surface area contributed by atoms with Crippen molar-refractivity contribution in [3.05, 3.63) is 35.4 Å². The first-order valence-corrected chi connectivity index (χ1v) is 6.15. The van der Waals surface area contributed by atoms with E-state index in [9.17, 15) is 23.5 Å². The highest BCUT2D eigenvalue weighted by Crippen LogP contribution is 2.30. The lowest BCUT2D eigenvalue weighted by Crippen LogP contribution is -2.45. The number of esters is 2. The molecule has 0 fully saturated rings. The number of carbonyl (C=O) groups excluding carboxylic acids is 2. The molecule has 1 rings (SSSR count). The lowest BCUT2D eigenvalue weighted by Gasteiger charge is -2.33. The zero-order chi connectivity index (χ0) is 16.2. The van der Waals surface area contributed by atoms with Gasteiger partial charge in [-0.05, 0) is 13.0 Å². The molecule has 0 aliphatic rings. The summed E-state index contributed by atoms with van der Waals surface area (Å²) in [4.78, 5) is 21.9. The van der Waals surface area contributed by atoms with Gasteiger partial charge in [0.2, 0.25) is 0 Å². The number of rotatable bonds is 5. The van der Waals surface area contributed by atoms with Crippen molar-refractivity contribution in [1.29, 1.82) is 0 Å². The molecule has 116 valence electrons. The van der Waals surface area contributed by atoms with Gasteiger partial charge in [0, 0.05) is 25.5 Å². The summed E-state index contributed by atoms with van der Waals surface area (Å²) >= 11 is 0. The van der Waals surface area contributed by atoms with E-state index in [1.807, 2.05) is 0 Å². The highest BCUT2D eigenvalue weighted by Gasteiger charge is 2.41. The summed E-state index contributed by atoms with van der Waals surface area (Å²) in [5.41, 5.74) is -2.46. The lowest BCUT2D eigenvalue weighted by molar-refractivity contribution is -0.176. The van der Waals surface area contributed by atoms with E-state index in [1.165, 1.54) is 6.92 Å². The molecular weight excluding hydrogens is 286 g/mol. The van der Waals surface area contributed by atoms with Crippen LogP contribution >= 0.6 is 0 Å². The predicted octanol–water partition coefficient (Wildman–Crippen LogP) is 1.67. The third-order valence-corrected chi connectivity index (χ3v) is 2.91. The lowest BCUT2D eigenvalue weighted by atomic mass is 9.89. The molecule has 0 amide bonds. The quantitative estimate of drug-likeness (QED) is 0.838. The van der Waals surface area contributed by atoms with Crippen LogP contribution in [0.15, 0.2) is 18.2 Å². The Hall–Kier alpha value is -2.02. The van der Waals surface area contributed by atoms with Crippen molar-refractivity contribution < 1.29 is 33.0 Å². The molecule has 2 atom stereocenters. The van der Waals surface area contributed by atoms with Gasteiger partial charge in [-0.3, -0.25) is 9.59 Å². The summed E-state index contributed by atoms with van der Waals surface area (Å²) in [7, 11) is 0. The fraction of sp³-hybridized carbons (Fsp3) is 0.429. The van der Waals surface area contributed by atoms with E-state index in [2.05, 4.69) is 0 Å². The van der Waals surface area contributed by atoms with E-state index in [0.717, 1.165) is 26.0 Å². The largest absolute Gasteiger partial charge is 0.462 e. The maximum absolute atomic E-state index is 13.9. The van der Waals surface area contributed by atoms with Gasteiger partial charge in [-0.2, -0.15) is 0 Å². The zero-order valence-electron chi connectivity index (χ0n) is 11.9. The molecule has 1 N–H and O–H groups in total. The van der Waals surface area contributed by atoms with E-state index >= 15 is 0 Å². The van der Waals surface area contributed by atoms with Crippen molar-refractivity contribution in [2.24, 2.45) is 0 Å². The Morgan fingerprint density at radius 2 is 1.90 bits per heavy atom. The molecule has 21 heavy (non-hydrogen) atoms. The van der Waals surface area contributed by atoms with Crippen LogP contribution in [0.3, 0.4) is 0 Å². The highest BCUT2D eigenvalue weighted by molar-refractivity contribution is 5.67. The molecular formula is C14H16F2O5. The first-order chi connectivity index (χ1) is 9.66. The van der Waals surface area contributed by atoms with Gasteiger partial charge in [-0.1, -0.05) is 6.07 Å². The Bertz CT molecular complexity index is 546. The highest BCUT2D eigenvalue weighted by atomic mass is 19.1. The van der Waals surface area contributed by atoms with E-state index in [0.29, 0.717) is 6.07 Å². The fourth-order valence-corrected chi connectivity index (χ4v) is 1.81. The zero-order valence-corrected chi connectivity index (χ0v) is 11.9. The maximum atomic E-state index is 13.9. The second-order valence-corrected chi connectivity index (χ2v) is 4.58. The maximum Gasteiger partial charge on any atom is 0.303 e. The van der Waals surface area contributed by atoms with Crippen LogP contribution in [-0.4, -0.2) is 29.8 Å². The summed E-state index contributed by atoms with van der Waals surface area (Å²) in [6.07, 6.45) is -1.21. The molecule has 1 aromatic rings. The summed E-state index contributed by atoms with van der Waals surface area (Å²) in [6, 6.07) is 2.53. The molecule has 0 unspecified atom stereocenters. The topological polar surface area (TPSA) is 72.8 Å². The van der Waals surface area contributed by atoms with Crippen molar-refractivity contribution in [1.82, 2.24) is 0 Å². The van der Waals surface area contributed by atoms with E-state index in [-0.39, 0.29) is 5.56 Å². The number of hydrogen-bond acceptors (Lipinski definition) is 5. The first-order valence-electron chi connectivity index (χ1n) is 6.15. The standard InChI is InChI=1S/C14H16F2O5/c1-8(21-10(3)18)14(19,7-20-9(2)17)12-5-4-11(15)6-13(12)16/h4-6,8,19H,7H2,1-3H3/t8-,14-/m1/s1. The Balaban J connectivity index is 3.22. The van der Waals surface area contributed by atoms with E-state index in [4.69, 9.17) is 9.47 Å². The van der Waals surface area contributed by atoms with Crippen LogP contribution in [-0.2, 0) is 24.7 Å². The van der Waals surface area contributed by atoms with Gasteiger partial charge in [0.15, 0.2) is 5.60 Å². The van der Waals surface area contributed by atoms with Gasteiger partial charge in [-0.15, -0.1) is 0 Å². The summed E-state index contributed by atoms with van der Waals surface area (Å²) in [5, 5.41) is 10.6. The van der Waals surface area contributed by atoms with Crippen LogP contribution in [0.25, 0.3) is 0 Å². The van der Waals surface area contributed by atoms with Gasteiger partial charge in [-0.25, -0.2) is 8.78 Å². The van der Waals surface area contributed by atoms with Crippen LogP contribution in [0.1, 0.15) is 26.3 Å². The number of halogens is 2. The van der Waals surface area contributed by atoms with E-state index < -0.39 is 41.9 Å². The van der Waals surface area contributed by atoms with Crippen molar-refractivity contribution in [2.45, 2.75) is 32.5 Å². The van der Waals surface area contributed by atoms with Crippen LogP contribution in [0.4, 0.5) is 8.78 Å². The summed E-state index contributed by atoms with van der Waals surface area (Å²) in [6.45, 7) is 2.90. The Morgan fingerprint density at radius 1 is 1.29 bits per heavy atom. The van der Waals surface area contributed by atoms with Gasteiger partial charge < -0.3 is 14.6 Å². The number of ether oxygens (including phenoxy) is 2. The molecule has 0 aliphatic heterocycles. The van der Waals surface area contributed by atoms with E-state index in [1.54, 1.807) is 0 Å². The normalized spacial score (nSPS) is 15.0. The predicted molar refractivity (Wildman–Crippen MR) is 68.1 cm³/mol. The molecule has 0 bridgehead atoms. The first kappa shape index (κ1) is 17.0. The minimum atomic E-state index is -2.13. The molecule has 7 heteroatoms. The van der Waals surface area contributed by atoms with Gasteiger partial charge in [0.05, 0.1) is 0 Å². The number of carbonyl (C=O) groups is 2. The number of benzene rings is 1. The average molecular weight is 302 g/mol. The fourth-order valence-electron chi connectivity index (χ4n) is 1.81. The number of aliphatic hydroxyl groups is 1. The van der Waals surface area contributed by atoms with Crippen LogP contribution in [0.2, 0.25) is 0 Å². The Labute approximate surface area is 120 Å². The molecule has 0 aliphatic carbocycles. The van der Waals surface area contributed by atoms with Crippen molar-refractivity contribution in [3.8, 4) is 0 Å². The average Bonchev–Trinajstić information content (AvgIpc) is 2.35. The number of hydrogen-bond donors (Lipinski definition) is 1. The molecule has 0 saturated carbocycles. The minimum Gasteiger partial charge on any atom is -0.462 e. The second kappa shape index (κ2) is 6.62. The molecule has 0 radical (unpaired) electrons. The van der Waals surface area contributed by atoms with Gasteiger partial charge in [0.25, 0.3) is 0 Å². The second-order valence-electron chi connectivity index (χ2n) is 4.58. The summed E-state index contributed by atoms with van der Waals surface area (Å²) < 4.78 is 36.4. The molecule has 0 aromatic heterocycles. The molecule has 0 saturated heterocycles. The molecule has 5 nitrogen and oxygen atoms in total. The van der Waals surface area contributed by atoms with Crippen molar-refractivity contribution >= 4 is 11.9 Å². The molecule has 0 heterocycles. The van der Waals surface area contributed by atoms with Gasteiger partial charge in [0.1, 0.15) is 24.3 Å².